The summed E-state index contributed by atoms with van der Waals surface area (Å²) in [5, 5.41) is 2.05. The van der Waals surface area contributed by atoms with Gasteiger partial charge in [-0.05, 0) is 56.5 Å². The van der Waals surface area contributed by atoms with Gasteiger partial charge in [0.2, 0.25) is 0 Å². The highest BCUT2D eigenvalue weighted by Crippen LogP contribution is 2.36. The average molecular weight is 319 g/mol. The maximum atomic E-state index is 12.8. The van der Waals surface area contributed by atoms with Gasteiger partial charge in [-0.15, -0.1) is 11.3 Å². The zero-order valence-corrected chi connectivity index (χ0v) is 14.1. The van der Waals surface area contributed by atoms with Crippen molar-refractivity contribution >= 4 is 17.3 Å². The van der Waals surface area contributed by atoms with Crippen LogP contribution in [0.15, 0.2) is 29.7 Å². The molecule has 2 heterocycles. The molecule has 0 radical (unpaired) electrons. The SMILES string of the molecule is CN1CCC(OC(=O)[C@H](c2cccs2)[C@H]2C=CCCC2)CC1. The second-order valence-corrected chi connectivity index (χ2v) is 7.43. The standard InChI is InChI=1S/C18H25NO2S/c1-19-11-9-15(10-12-19)21-18(20)17(16-8-5-13-22-16)14-6-3-2-4-7-14/h3,5-6,8,13-15,17H,2,4,7,9-12H2,1H3/t14-,17-/m0/s1. The Labute approximate surface area is 137 Å². The topological polar surface area (TPSA) is 29.5 Å². The highest BCUT2D eigenvalue weighted by Gasteiger charge is 2.33. The van der Waals surface area contributed by atoms with Crippen LogP contribution in [-0.2, 0) is 9.53 Å². The molecule has 22 heavy (non-hydrogen) atoms. The first-order valence-corrected chi connectivity index (χ1v) is 9.21. The van der Waals surface area contributed by atoms with E-state index in [0.29, 0.717) is 5.92 Å². The van der Waals surface area contributed by atoms with Gasteiger partial charge in [-0.25, -0.2) is 0 Å². The Balaban J connectivity index is 1.70. The van der Waals surface area contributed by atoms with Gasteiger partial charge in [-0.3, -0.25) is 4.79 Å². The quantitative estimate of drug-likeness (QED) is 0.624. The van der Waals surface area contributed by atoms with Crippen LogP contribution in [0.2, 0.25) is 0 Å². The molecule has 1 saturated heterocycles. The molecule has 4 heteroatoms. The lowest BCUT2D eigenvalue weighted by molar-refractivity contribution is -0.154. The minimum atomic E-state index is -0.115. The van der Waals surface area contributed by atoms with Gasteiger partial charge in [0.1, 0.15) is 6.10 Å². The van der Waals surface area contributed by atoms with Crippen LogP contribution in [0, 0.1) is 5.92 Å². The highest BCUT2D eigenvalue weighted by molar-refractivity contribution is 7.10. The Morgan fingerprint density at radius 1 is 1.36 bits per heavy atom. The lowest BCUT2D eigenvalue weighted by Gasteiger charge is -2.31. The molecule has 0 spiro atoms. The molecule has 1 aliphatic heterocycles. The normalized spacial score (nSPS) is 25.0. The molecule has 2 aliphatic rings. The first-order chi connectivity index (χ1) is 10.7. The summed E-state index contributed by atoms with van der Waals surface area (Å²) < 4.78 is 5.89. The molecule has 3 nitrogen and oxygen atoms in total. The molecule has 0 amide bonds. The van der Waals surface area contributed by atoms with Crippen molar-refractivity contribution in [2.45, 2.75) is 44.1 Å². The van der Waals surface area contributed by atoms with Crippen LogP contribution in [-0.4, -0.2) is 37.1 Å². The van der Waals surface area contributed by atoms with Crippen molar-refractivity contribution in [1.82, 2.24) is 4.90 Å². The van der Waals surface area contributed by atoms with Crippen molar-refractivity contribution in [3.63, 3.8) is 0 Å². The number of nitrogens with zero attached hydrogens (tertiary/aromatic N) is 1. The number of piperidine rings is 1. The number of allylic oxidation sites excluding steroid dienone is 2. The highest BCUT2D eigenvalue weighted by atomic mass is 32.1. The van der Waals surface area contributed by atoms with E-state index in [0.717, 1.165) is 43.6 Å². The summed E-state index contributed by atoms with van der Waals surface area (Å²) in [6.07, 6.45) is 9.85. The fourth-order valence-corrected chi connectivity index (χ4v) is 4.32. The zero-order valence-electron chi connectivity index (χ0n) is 13.2. The van der Waals surface area contributed by atoms with Gasteiger partial charge in [-0.1, -0.05) is 18.2 Å². The molecule has 120 valence electrons. The van der Waals surface area contributed by atoms with Gasteiger partial charge in [0.05, 0.1) is 5.92 Å². The molecule has 0 unspecified atom stereocenters. The van der Waals surface area contributed by atoms with E-state index in [9.17, 15) is 4.79 Å². The number of likely N-dealkylation sites (tertiary alicyclic amines) is 1. The number of rotatable bonds is 4. The third-order valence-electron chi connectivity index (χ3n) is 4.77. The number of hydrogen-bond acceptors (Lipinski definition) is 4. The van der Waals surface area contributed by atoms with Crippen LogP contribution in [0.5, 0.6) is 0 Å². The van der Waals surface area contributed by atoms with Crippen LogP contribution >= 0.6 is 11.3 Å². The van der Waals surface area contributed by atoms with Gasteiger partial charge >= 0.3 is 5.97 Å². The Kier molecular flexibility index (Phi) is 5.32. The molecule has 0 bridgehead atoms. The smallest absolute Gasteiger partial charge is 0.315 e. The summed E-state index contributed by atoms with van der Waals surface area (Å²) >= 11 is 1.67. The second kappa shape index (κ2) is 7.42. The van der Waals surface area contributed by atoms with Crippen molar-refractivity contribution in [2.24, 2.45) is 5.92 Å². The van der Waals surface area contributed by atoms with E-state index in [4.69, 9.17) is 4.74 Å². The van der Waals surface area contributed by atoms with Crippen LogP contribution < -0.4 is 0 Å². The Morgan fingerprint density at radius 3 is 2.82 bits per heavy atom. The summed E-state index contributed by atoms with van der Waals surface area (Å²) in [6, 6.07) is 4.11. The van der Waals surface area contributed by atoms with E-state index in [-0.39, 0.29) is 18.0 Å². The Hall–Kier alpha value is -1.13. The molecule has 1 aromatic rings. The molecular weight excluding hydrogens is 294 g/mol. The number of hydrogen-bond donors (Lipinski definition) is 0. The average Bonchev–Trinajstić information content (AvgIpc) is 3.05. The Morgan fingerprint density at radius 2 is 2.18 bits per heavy atom. The minimum absolute atomic E-state index is 0.0199. The number of thiophene rings is 1. The largest absolute Gasteiger partial charge is 0.462 e. The molecule has 0 aromatic carbocycles. The van der Waals surface area contributed by atoms with E-state index in [1.165, 1.54) is 6.42 Å². The van der Waals surface area contributed by atoms with Crippen molar-refractivity contribution in [3.8, 4) is 0 Å². The van der Waals surface area contributed by atoms with Gasteiger partial charge in [-0.2, -0.15) is 0 Å². The monoisotopic (exact) mass is 319 g/mol. The summed E-state index contributed by atoms with van der Waals surface area (Å²) in [4.78, 5) is 16.3. The number of carbonyl (C=O) groups excluding carboxylic acids is 1. The third kappa shape index (κ3) is 3.79. The van der Waals surface area contributed by atoms with Crippen LogP contribution in [0.25, 0.3) is 0 Å². The van der Waals surface area contributed by atoms with E-state index in [1.807, 2.05) is 6.07 Å². The zero-order chi connectivity index (χ0) is 15.4. The van der Waals surface area contributed by atoms with Gasteiger partial charge in [0.15, 0.2) is 0 Å². The first-order valence-electron chi connectivity index (χ1n) is 8.33. The molecule has 0 N–H and O–H groups in total. The summed E-state index contributed by atoms with van der Waals surface area (Å²) in [6.45, 7) is 2.04. The van der Waals surface area contributed by atoms with Crippen molar-refractivity contribution in [2.75, 3.05) is 20.1 Å². The first kappa shape index (κ1) is 15.8. The summed E-state index contributed by atoms with van der Waals surface area (Å²) in [5.74, 6) is 0.163. The molecule has 1 aliphatic carbocycles. The van der Waals surface area contributed by atoms with E-state index in [2.05, 4.69) is 35.5 Å². The molecule has 0 saturated carbocycles. The van der Waals surface area contributed by atoms with E-state index in [1.54, 1.807) is 11.3 Å². The summed E-state index contributed by atoms with van der Waals surface area (Å²) in [5.41, 5.74) is 0. The fraction of sp³-hybridized carbons (Fsp3) is 0.611. The summed E-state index contributed by atoms with van der Waals surface area (Å²) in [7, 11) is 2.12. The van der Waals surface area contributed by atoms with E-state index >= 15 is 0 Å². The molecule has 2 atom stereocenters. The van der Waals surface area contributed by atoms with Crippen molar-refractivity contribution < 1.29 is 9.53 Å². The number of carbonyl (C=O) groups is 1. The Bertz CT molecular complexity index is 503. The predicted octanol–water partition coefficient (Wildman–Crippen LogP) is 3.83. The van der Waals surface area contributed by atoms with Gasteiger partial charge in [0.25, 0.3) is 0 Å². The van der Waals surface area contributed by atoms with Gasteiger partial charge < -0.3 is 9.64 Å². The lowest BCUT2D eigenvalue weighted by atomic mass is 9.83. The van der Waals surface area contributed by atoms with Crippen molar-refractivity contribution in [1.29, 1.82) is 0 Å². The van der Waals surface area contributed by atoms with Crippen LogP contribution in [0.3, 0.4) is 0 Å². The minimum Gasteiger partial charge on any atom is -0.462 e. The third-order valence-corrected chi connectivity index (χ3v) is 5.73. The van der Waals surface area contributed by atoms with Gasteiger partial charge in [0, 0.05) is 18.0 Å². The second-order valence-electron chi connectivity index (χ2n) is 6.46. The maximum Gasteiger partial charge on any atom is 0.315 e. The molecule has 3 rings (SSSR count). The number of ether oxygens (including phenoxy) is 1. The van der Waals surface area contributed by atoms with Crippen LogP contribution in [0.4, 0.5) is 0 Å². The predicted molar refractivity (Wildman–Crippen MR) is 90.2 cm³/mol. The molecular formula is C18H25NO2S. The molecule has 1 aromatic heterocycles. The van der Waals surface area contributed by atoms with E-state index < -0.39 is 0 Å². The lowest BCUT2D eigenvalue weighted by Crippen LogP contribution is -2.36. The number of esters is 1. The van der Waals surface area contributed by atoms with Crippen LogP contribution in [0.1, 0.15) is 42.9 Å². The van der Waals surface area contributed by atoms with Crippen molar-refractivity contribution in [3.05, 3.63) is 34.5 Å². The molecule has 1 fully saturated rings. The maximum absolute atomic E-state index is 12.8. The fourth-order valence-electron chi connectivity index (χ4n) is 3.43.